The summed E-state index contributed by atoms with van der Waals surface area (Å²) in [5.41, 5.74) is 15.3. The molecule has 4 heterocycles. The van der Waals surface area contributed by atoms with Gasteiger partial charge in [0.05, 0.1) is 34.9 Å². The largest absolute Gasteiger partial charge is 0.440 e. The van der Waals surface area contributed by atoms with E-state index in [9.17, 15) is 9.60 Å². The van der Waals surface area contributed by atoms with E-state index in [2.05, 4.69) is 226 Å². The molecule has 0 spiro atoms. The maximum Gasteiger partial charge on any atom is 0.256 e. The monoisotopic (exact) mass is 1130 g/mol. The first-order valence-electron chi connectivity index (χ1n) is 35.0. The van der Waals surface area contributed by atoms with Crippen LogP contribution in [0, 0.1) is 0 Å². The molecule has 5 heteroatoms. The number of anilines is 6. The topological polar surface area (TPSA) is 24.6 Å². The van der Waals surface area contributed by atoms with Crippen LogP contribution in [0.2, 0.25) is 0 Å². The zero-order chi connectivity index (χ0) is 68.4. The summed E-state index contributed by atoms with van der Waals surface area (Å²) in [5.74, 6) is 1.32. The van der Waals surface area contributed by atoms with Crippen molar-refractivity contribution in [3.63, 3.8) is 0 Å². The van der Waals surface area contributed by atoms with Gasteiger partial charge in [0.1, 0.15) is 5.76 Å². The summed E-state index contributed by atoms with van der Waals surface area (Å²) in [7, 11) is 0. The Morgan fingerprint density at radius 1 is 0.453 bits per heavy atom. The predicted molar refractivity (Wildman–Crippen MR) is 369 cm³/mol. The maximum atomic E-state index is 10.5. The van der Waals surface area contributed by atoms with Gasteiger partial charge in [-0.1, -0.05) is 239 Å². The van der Waals surface area contributed by atoms with Gasteiger partial charge in [0.2, 0.25) is 0 Å². The lowest BCUT2D eigenvalue weighted by Gasteiger charge is -2.43. The molecule has 9 aromatic carbocycles. The summed E-state index contributed by atoms with van der Waals surface area (Å²) in [6.45, 7) is 36.1. The molecule has 14 rings (SSSR count). The molecule has 0 N–H and O–H groups in total. The fourth-order valence-corrected chi connectivity index (χ4v) is 13.5. The fraction of sp³-hybridized carbons (Fsp3) is 0.284. The summed E-state index contributed by atoms with van der Waals surface area (Å²) in [6.07, 6.45) is 0. The summed E-state index contributed by atoms with van der Waals surface area (Å²) < 4.78 is 97.7. The molecule has 2 aromatic heterocycles. The molecule has 2 aliphatic heterocycles. The van der Waals surface area contributed by atoms with Crippen molar-refractivity contribution in [1.29, 1.82) is 0 Å². The maximum absolute atomic E-state index is 10.5. The molecule has 0 saturated heterocycles. The van der Waals surface area contributed by atoms with Crippen LogP contribution in [0.4, 0.5) is 34.3 Å². The number of fused-ring (bicyclic) bond motifs is 10. The molecule has 3 aliphatic rings. The van der Waals surface area contributed by atoms with Crippen LogP contribution < -0.4 is 26.2 Å². The van der Waals surface area contributed by atoms with Gasteiger partial charge in [-0.15, -0.1) is 0 Å². The van der Waals surface area contributed by atoms with Crippen molar-refractivity contribution < 1.29 is 16.8 Å². The zero-order valence-corrected chi connectivity index (χ0v) is 53.0. The number of benzene rings is 9. The quantitative estimate of drug-likeness (QED) is 0.161. The molecule has 0 radical (unpaired) electrons. The molecule has 1 aliphatic carbocycles. The first kappa shape index (κ1) is 46.0. The molecule has 0 unspecified atom stereocenters. The van der Waals surface area contributed by atoms with E-state index >= 15 is 0 Å². The lowest BCUT2D eigenvalue weighted by Crippen LogP contribution is -2.61. The number of nitrogens with zero attached hydrogens (tertiary/aromatic N) is 3. The van der Waals surface area contributed by atoms with Gasteiger partial charge in [0, 0.05) is 50.2 Å². The van der Waals surface area contributed by atoms with Gasteiger partial charge in [-0.2, -0.15) is 0 Å². The Bertz CT molecular complexity index is 5100. The van der Waals surface area contributed by atoms with Gasteiger partial charge in [-0.05, 0) is 165 Å². The van der Waals surface area contributed by atoms with Gasteiger partial charge >= 0.3 is 0 Å². The third kappa shape index (κ3) is 8.76. The Balaban J connectivity index is 1.19. The highest BCUT2D eigenvalue weighted by atomic mass is 16.4. The summed E-state index contributed by atoms with van der Waals surface area (Å²) >= 11 is 0. The predicted octanol–water partition coefficient (Wildman–Crippen LogP) is 20.6. The van der Waals surface area contributed by atoms with E-state index in [4.69, 9.17) is 7.16 Å². The van der Waals surface area contributed by atoms with Gasteiger partial charge in [-0.25, -0.2) is 0 Å². The van der Waals surface area contributed by atoms with Crippen molar-refractivity contribution in [2.24, 2.45) is 0 Å². The zero-order valence-electron chi connectivity index (χ0n) is 62.0. The second-order valence-electron chi connectivity index (χ2n) is 30.0. The molecule has 0 fully saturated rings. The number of para-hydroxylation sites is 1. The molecular formula is C81H82BN3O. The van der Waals surface area contributed by atoms with Gasteiger partial charge in [-0.3, -0.25) is 4.90 Å². The van der Waals surface area contributed by atoms with Gasteiger partial charge in [0.25, 0.3) is 6.71 Å². The van der Waals surface area contributed by atoms with Crippen molar-refractivity contribution in [3.05, 3.63) is 227 Å². The minimum absolute atomic E-state index is 0.0447. The van der Waals surface area contributed by atoms with Crippen molar-refractivity contribution in [2.75, 3.05) is 9.80 Å². The first-order valence-corrected chi connectivity index (χ1v) is 30.5. The Hall–Kier alpha value is -8.28. The Morgan fingerprint density at radius 2 is 1.00 bits per heavy atom. The van der Waals surface area contributed by atoms with E-state index in [1.807, 2.05) is 39.2 Å². The molecule has 0 atom stereocenters. The smallest absolute Gasteiger partial charge is 0.256 e. The highest BCUT2D eigenvalue weighted by Gasteiger charge is 2.48. The molecule has 86 heavy (non-hydrogen) atoms. The third-order valence-corrected chi connectivity index (χ3v) is 18.5. The fourth-order valence-electron chi connectivity index (χ4n) is 13.5. The Morgan fingerprint density at radius 3 is 1.60 bits per heavy atom. The van der Waals surface area contributed by atoms with Gasteiger partial charge < -0.3 is 13.9 Å². The second kappa shape index (κ2) is 18.9. The minimum atomic E-state index is -1.19. The first-order chi connectivity index (χ1) is 44.3. The molecule has 11 aromatic rings. The average Bonchev–Trinajstić information content (AvgIpc) is 1.45. The SMILES string of the molecule is [2H]c1c([2H])c([2H])c2c([2H])c3c(c([2H])c2c1[2H])-c1c(c2c([2H])c(C(C)(C)C)c([2H])c([2H])c2n1-c1cc2c4c(c1)N(c1ccccc1-c1ccc(C(C)(C)C)cc1)c1oc(-c5ccc(C(C)(C)C)cc5)cc1B4c1cc(C(C)(C)C)ccc1N2c1ccc(C(C)(C)C)cc1)C3(C)C. The minimum Gasteiger partial charge on any atom is -0.440 e. The summed E-state index contributed by atoms with van der Waals surface area (Å²) in [4.78, 5) is 4.63. The molecular weight excluding hydrogens is 1040 g/mol. The van der Waals surface area contributed by atoms with Crippen LogP contribution in [-0.2, 0) is 32.5 Å². The lowest BCUT2D eigenvalue weighted by molar-refractivity contribution is 0.585. The van der Waals surface area contributed by atoms with Crippen molar-refractivity contribution in [1.82, 2.24) is 4.57 Å². The van der Waals surface area contributed by atoms with E-state index < -0.39 is 41.7 Å². The van der Waals surface area contributed by atoms with Gasteiger partial charge in [0.15, 0.2) is 5.88 Å². The second-order valence-corrected chi connectivity index (χ2v) is 30.0. The molecule has 4 nitrogen and oxygen atoms in total. The van der Waals surface area contributed by atoms with Crippen LogP contribution in [0.1, 0.15) is 169 Å². The normalized spacial score (nSPS) is 16.1. The Kier molecular flexibility index (Phi) is 10.1. The van der Waals surface area contributed by atoms with Crippen molar-refractivity contribution >= 4 is 79.1 Å². The number of aromatic nitrogens is 1. The molecule has 430 valence electrons. The van der Waals surface area contributed by atoms with E-state index in [1.165, 1.54) is 22.3 Å². The van der Waals surface area contributed by atoms with Crippen LogP contribution in [0.25, 0.3) is 61.1 Å². The highest BCUT2D eigenvalue weighted by molar-refractivity contribution is 7.00. The van der Waals surface area contributed by atoms with Crippen LogP contribution >= 0.6 is 0 Å². The number of furan rings is 1. The van der Waals surface area contributed by atoms with E-state index in [0.717, 1.165) is 61.5 Å². The van der Waals surface area contributed by atoms with E-state index in [1.54, 1.807) is 0 Å². The number of hydrogen-bond acceptors (Lipinski definition) is 3. The summed E-state index contributed by atoms with van der Waals surface area (Å²) in [6, 6.07) is 46.0. The third-order valence-electron chi connectivity index (χ3n) is 18.5. The van der Waals surface area contributed by atoms with Crippen LogP contribution in [-0.4, -0.2) is 11.3 Å². The van der Waals surface area contributed by atoms with Crippen LogP contribution in [0.15, 0.2) is 192 Å². The molecule has 0 amide bonds. The van der Waals surface area contributed by atoms with E-state index in [-0.39, 0.29) is 73.7 Å². The average molecular weight is 1130 g/mol. The lowest BCUT2D eigenvalue weighted by atomic mass is 9.33. The summed E-state index contributed by atoms with van der Waals surface area (Å²) in [5, 5.41) is 0.280. The molecule has 0 saturated carbocycles. The highest BCUT2D eigenvalue weighted by Crippen LogP contribution is 2.57. The van der Waals surface area contributed by atoms with Crippen molar-refractivity contribution in [2.45, 2.75) is 150 Å². The van der Waals surface area contributed by atoms with Crippen LogP contribution in [0.5, 0.6) is 0 Å². The van der Waals surface area contributed by atoms with Crippen molar-refractivity contribution in [3.8, 4) is 39.4 Å². The number of hydrogen-bond donors (Lipinski definition) is 0. The van der Waals surface area contributed by atoms with E-state index in [0.29, 0.717) is 45.1 Å². The van der Waals surface area contributed by atoms with Crippen LogP contribution in [0.3, 0.4) is 0 Å². The molecule has 0 bridgehead atoms. The number of rotatable bonds is 5. The standard InChI is InChI=1S/C81H82BN3O/c1-76(2,3)53-30-26-49(27-31-53)60-24-20-21-25-66(60)85-70-47-59(84-67-40-36-56(79(10,11)12)44-62(67)72-74(84)61-42-51-22-18-19-23-52(51)43-63(61)81(72,16)17)46-69-73(70)82(65-48-71(86-75(65)85)50-28-32-54(33-29-50)77(4,5)6)64-45-57(80(13,14)15)37-41-68(64)83(69)58-38-34-55(35-39-58)78(7,8)9/h18-48H,1-17H3/i18D,19D,22D,23D,36D,40D,42D,43D,44D. The Labute approximate surface area is 524 Å².